The molecule has 62 valence electrons. The summed E-state index contributed by atoms with van der Waals surface area (Å²) in [6, 6.07) is 3.52. The fraction of sp³-hybridized carbons (Fsp3) is 0.500. The van der Waals surface area contributed by atoms with Gasteiger partial charge < -0.3 is 10.2 Å². The number of hydrogen-bond acceptors (Lipinski definition) is 2. The molecule has 0 amide bonds. The van der Waals surface area contributed by atoms with Crippen molar-refractivity contribution in [2.24, 2.45) is 5.73 Å². The van der Waals surface area contributed by atoms with Crippen molar-refractivity contribution in [3.05, 3.63) is 24.2 Å². The van der Waals surface area contributed by atoms with Gasteiger partial charge >= 0.3 is 0 Å². The first-order valence-electron chi connectivity index (χ1n) is 3.69. The third kappa shape index (κ3) is 2.72. The average Bonchev–Trinajstić information content (AvgIpc) is 2.40. The minimum atomic E-state index is -0.869. The summed E-state index contributed by atoms with van der Waals surface area (Å²) in [5.41, 5.74) is 5.19. The van der Waals surface area contributed by atoms with Crippen LogP contribution in [0.5, 0.6) is 0 Å². The highest BCUT2D eigenvalue weighted by molar-refractivity contribution is 4.99. The van der Waals surface area contributed by atoms with Gasteiger partial charge in [-0.25, -0.2) is 4.39 Å². The molecule has 0 saturated carbocycles. The van der Waals surface area contributed by atoms with Gasteiger partial charge in [0.25, 0.3) is 0 Å². The molecule has 1 heterocycles. The second kappa shape index (κ2) is 4.13. The van der Waals surface area contributed by atoms with Crippen molar-refractivity contribution in [3.8, 4) is 0 Å². The van der Waals surface area contributed by atoms with E-state index in [-0.39, 0.29) is 0 Å². The maximum atomic E-state index is 12.8. The van der Waals surface area contributed by atoms with Gasteiger partial charge in [0.05, 0.1) is 6.26 Å². The highest BCUT2D eigenvalue weighted by atomic mass is 19.1. The van der Waals surface area contributed by atoms with Crippen LogP contribution >= 0.6 is 0 Å². The minimum Gasteiger partial charge on any atom is -0.469 e. The van der Waals surface area contributed by atoms with Crippen molar-refractivity contribution < 1.29 is 8.81 Å². The van der Waals surface area contributed by atoms with Crippen LogP contribution in [0.3, 0.4) is 0 Å². The standard InChI is InChI=1S/C8H12FNO/c9-7(3-4-10)6-8-2-1-5-11-8/h1-2,5,7H,3-4,6,10H2. The van der Waals surface area contributed by atoms with E-state index in [0.717, 1.165) is 0 Å². The zero-order valence-corrected chi connectivity index (χ0v) is 6.29. The van der Waals surface area contributed by atoms with Crippen LogP contribution in [0.4, 0.5) is 4.39 Å². The zero-order valence-electron chi connectivity index (χ0n) is 6.29. The van der Waals surface area contributed by atoms with Gasteiger partial charge in [0.15, 0.2) is 0 Å². The summed E-state index contributed by atoms with van der Waals surface area (Å²) in [4.78, 5) is 0. The summed E-state index contributed by atoms with van der Waals surface area (Å²) in [6.45, 7) is 0.391. The number of hydrogen-bond donors (Lipinski definition) is 1. The lowest BCUT2D eigenvalue weighted by Gasteiger charge is -2.02. The molecule has 1 rings (SSSR count). The normalized spacial score (nSPS) is 13.3. The number of rotatable bonds is 4. The Morgan fingerprint density at radius 2 is 2.45 bits per heavy atom. The lowest BCUT2D eigenvalue weighted by Crippen LogP contribution is -2.11. The summed E-state index contributed by atoms with van der Waals surface area (Å²) >= 11 is 0. The summed E-state index contributed by atoms with van der Waals surface area (Å²) in [7, 11) is 0. The van der Waals surface area contributed by atoms with Crippen LogP contribution in [-0.2, 0) is 6.42 Å². The Labute approximate surface area is 65.2 Å². The Morgan fingerprint density at radius 3 is 3.00 bits per heavy atom. The third-order valence-electron chi connectivity index (χ3n) is 1.48. The number of nitrogens with two attached hydrogens (primary N) is 1. The van der Waals surface area contributed by atoms with Crippen LogP contribution in [-0.4, -0.2) is 12.7 Å². The molecule has 0 fully saturated rings. The molecule has 3 heteroatoms. The van der Waals surface area contributed by atoms with Crippen molar-refractivity contribution in [2.45, 2.75) is 19.0 Å². The fourth-order valence-electron chi connectivity index (χ4n) is 0.930. The molecule has 1 aromatic heterocycles. The summed E-state index contributed by atoms with van der Waals surface area (Å²) in [5, 5.41) is 0. The van der Waals surface area contributed by atoms with E-state index in [4.69, 9.17) is 10.2 Å². The third-order valence-corrected chi connectivity index (χ3v) is 1.48. The highest BCUT2D eigenvalue weighted by Crippen LogP contribution is 2.08. The molecule has 0 saturated heterocycles. The molecule has 2 N–H and O–H groups in total. The molecule has 11 heavy (non-hydrogen) atoms. The summed E-state index contributed by atoms with van der Waals surface area (Å²) in [5.74, 6) is 0.686. The molecule has 0 bridgehead atoms. The molecule has 0 spiro atoms. The Morgan fingerprint density at radius 1 is 1.64 bits per heavy atom. The molecular formula is C8H12FNO. The monoisotopic (exact) mass is 157 g/mol. The molecule has 2 nitrogen and oxygen atoms in total. The van der Waals surface area contributed by atoms with Gasteiger partial charge in [0.1, 0.15) is 11.9 Å². The smallest absolute Gasteiger partial charge is 0.108 e. The number of furan rings is 1. The summed E-state index contributed by atoms with van der Waals surface area (Å²) in [6.07, 6.45) is 1.42. The average molecular weight is 157 g/mol. The molecule has 0 aliphatic rings. The number of alkyl halides is 1. The highest BCUT2D eigenvalue weighted by Gasteiger charge is 2.07. The zero-order chi connectivity index (χ0) is 8.10. The minimum absolute atomic E-state index is 0.337. The predicted octanol–water partition coefficient (Wildman–Crippen LogP) is 1.51. The second-order valence-electron chi connectivity index (χ2n) is 2.46. The van der Waals surface area contributed by atoms with Gasteiger partial charge in [-0.05, 0) is 25.1 Å². The van der Waals surface area contributed by atoms with Crippen LogP contribution < -0.4 is 5.73 Å². The maximum absolute atomic E-state index is 12.8. The molecule has 0 aromatic carbocycles. The molecule has 0 aliphatic carbocycles. The van der Waals surface area contributed by atoms with Crippen molar-refractivity contribution in [1.29, 1.82) is 0 Å². The molecule has 1 aromatic rings. The van der Waals surface area contributed by atoms with E-state index in [0.29, 0.717) is 25.1 Å². The first kappa shape index (κ1) is 8.27. The maximum Gasteiger partial charge on any atom is 0.108 e. The van der Waals surface area contributed by atoms with Gasteiger partial charge in [-0.15, -0.1) is 0 Å². The van der Waals surface area contributed by atoms with E-state index in [2.05, 4.69) is 0 Å². The van der Waals surface area contributed by atoms with Gasteiger partial charge in [-0.2, -0.15) is 0 Å². The first-order chi connectivity index (χ1) is 5.33. The van der Waals surface area contributed by atoms with Gasteiger partial charge in [0, 0.05) is 6.42 Å². The van der Waals surface area contributed by atoms with Gasteiger partial charge in [0.2, 0.25) is 0 Å². The molecule has 1 atom stereocenters. The van der Waals surface area contributed by atoms with E-state index in [1.54, 1.807) is 18.4 Å². The van der Waals surface area contributed by atoms with E-state index in [9.17, 15) is 4.39 Å². The Bertz CT molecular complexity index is 186. The largest absolute Gasteiger partial charge is 0.469 e. The van der Waals surface area contributed by atoms with Gasteiger partial charge in [-0.1, -0.05) is 0 Å². The first-order valence-corrected chi connectivity index (χ1v) is 3.69. The van der Waals surface area contributed by atoms with Crippen LogP contribution in [0, 0.1) is 0 Å². The lowest BCUT2D eigenvalue weighted by atomic mass is 10.2. The van der Waals surface area contributed by atoms with E-state index in [1.807, 2.05) is 0 Å². The molecule has 1 unspecified atom stereocenters. The number of halogens is 1. The Hall–Kier alpha value is -0.830. The second-order valence-corrected chi connectivity index (χ2v) is 2.46. The van der Waals surface area contributed by atoms with Crippen molar-refractivity contribution in [3.63, 3.8) is 0 Å². The van der Waals surface area contributed by atoms with Crippen LogP contribution in [0.2, 0.25) is 0 Å². The van der Waals surface area contributed by atoms with Crippen LogP contribution in [0.1, 0.15) is 12.2 Å². The van der Waals surface area contributed by atoms with Gasteiger partial charge in [-0.3, -0.25) is 0 Å². The Kier molecular flexibility index (Phi) is 3.11. The van der Waals surface area contributed by atoms with E-state index in [1.165, 1.54) is 0 Å². The van der Waals surface area contributed by atoms with E-state index >= 15 is 0 Å². The SMILES string of the molecule is NCCC(F)Cc1ccco1. The Balaban J connectivity index is 2.31. The quantitative estimate of drug-likeness (QED) is 0.719. The predicted molar refractivity (Wildman–Crippen MR) is 41.0 cm³/mol. The molecule has 0 radical (unpaired) electrons. The van der Waals surface area contributed by atoms with Crippen molar-refractivity contribution in [2.75, 3.05) is 6.54 Å². The van der Waals surface area contributed by atoms with Crippen molar-refractivity contribution in [1.82, 2.24) is 0 Å². The van der Waals surface area contributed by atoms with Crippen molar-refractivity contribution >= 4 is 0 Å². The van der Waals surface area contributed by atoms with Crippen LogP contribution in [0.25, 0.3) is 0 Å². The topological polar surface area (TPSA) is 39.2 Å². The molecule has 0 aliphatic heterocycles. The summed E-state index contributed by atoms with van der Waals surface area (Å²) < 4.78 is 17.8. The lowest BCUT2D eigenvalue weighted by molar-refractivity contribution is 0.298. The van der Waals surface area contributed by atoms with Crippen LogP contribution in [0.15, 0.2) is 22.8 Å². The van der Waals surface area contributed by atoms with E-state index < -0.39 is 6.17 Å². The fourth-order valence-corrected chi connectivity index (χ4v) is 0.930. The molecular weight excluding hydrogens is 145 g/mol.